The van der Waals surface area contributed by atoms with E-state index in [1.54, 1.807) is 32.9 Å². The van der Waals surface area contributed by atoms with Crippen LogP contribution in [-0.2, 0) is 10.0 Å². The lowest BCUT2D eigenvalue weighted by Crippen LogP contribution is -2.63. The summed E-state index contributed by atoms with van der Waals surface area (Å²) in [6.07, 6.45) is 8.93. The number of pyridine rings is 1. The first-order valence-electron chi connectivity index (χ1n) is 25.1. The van der Waals surface area contributed by atoms with Crippen LogP contribution < -0.4 is 29.1 Å². The van der Waals surface area contributed by atoms with Crippen molar-refractivity contribution in [2.45, 2.75) is 133 Å². The molecule has 2 aromatic heterocycles. The van der Waals surface area contributed by atoms with E-state index in [0.29, 0.717) is 43.6 Å². The Hall–Kier alpha value is -5.98. The Morgan fingerprint density at radius 2 is 1.75 bits per heavy atom. The van der Waals surface area contributed by atoms with Gasteiger partial charge < -0.3 is 34.5 Å². The van der Waals surface area contributed by atoms with Crippen LogP contribution in [0.1, 0.15) is 126 Å². The lowest BCUT2D eigenvalue weighted by molar-refractivity contribution is -0.384. The van der Waals surface area contributed by atoms with Gasteiger partial charge in [0.25, 0.3) is 27.5 Å². The second-order valence-electron chi connectivity index (χ2n) is 21.5. The van der Waals surface area contributed by atoms with E-state index in [2.05, 4.69) is 67.9 Å². The Balaban J connectivity index is 0.897. The number of aliphatic hydroxyl groups is 1. The van der Waals surface area contributed by atoms with Crippen molar-refractivity contribution in [2.75, 3.05) is 43.0 Å². The summed E-state index contributed by atoms with van der Waals surface area (Å²) in [6.45, 7) is 13.7. The summed E-state index contributed by atoms with van der Waals surface area (Å²) in [7, 11) is -4.76. The minimum absolute atomic E-state index is 0.000909. The van der Waals surface area contributed by atoms with Crippen LogP contribution in [-0.4, -0.2) is 95.8 Å². The number of nitrogens with one attached hydrogen (secondary N) is 3. The zero-order valence-corrected chi connectivity index (χ0v) is 41.8. The zero-order chi connectivity index (χ0) is 50.0. The number of hydrogen-bond acceptors (Lipinski definition) is 13. The average molecular weight is 994 g/mol. The van der Waals surface area contributed by atoms with E-state index in [1.807, 2.05) is 0 Å². The van der Waals surface area contributed by atoms with Gasteiger partial charge in [0.1, 0.15) is 23.8 Å². The van der Waals surface area contributed by atoms with E-state index in [-0.39, 0.29) is 75.5 Å². The van der Waals surface area contributed by atoms with Gasteiger partial charge >= 0.3 is 0 Å². The first-order chi connectivity index (χ1) is 33.9. The molecule has 0 radical (unpaired) electrons. The molecule has 2 saturated heterocycles. The van der Waals surface area contributed by atoms with Crippen LogP contribution in [0.15, 0.2) is 71.8 Å². The number of aromatic amines is 1. The third-order valence-corrected chi connectivity index (χ3v) is 17.1. The van der Waals surface area contributed by atoms with Gasteiger partial charge in [-0.05, 0) is 119 Å². The number of hydrogen-bond donors (Lipinski definition) is 4. The van der Waals surface area contributed by atoms with E-state index in [9.17, 15) is 28.4 Å². The van der Waals surface area contributed by atoms with Crippen molar-refractivity contribution in [3.63, 3.8) is 0 Å². The molecule has 1 amide bonds. The Morgan fingerprint density at radius 3 is 2.46 bits per heavy atom. The standard InChI is InChI=1S/C53H64FN7O9S/c1-31(2)36-9-6-7-10-37(36)38-11-8-12-43(38)60-29-53(30-60)19-21-59(22-20-53)34-13-14-39(45(23-34)70-47-26-40-41(54)27-55-49(40)57-51(47)69-32(3)4)50(62)58-71(66,67)35-24-44(61(64)65)48-46(25-35)68-28-42(56-48)33-15-17-52(5,63)18-16-33/h6-7,9-10,13-14,23-27,31-33,38,42-43,56,63H,8,11-12,15-22,28-30H2,1-5H3,(H,55,57)(H,58,62)/t33?,38-,42-,43?,52?/m1/s1. The summed E-state index contributed by atoms with van der Waals surface area (Å²) in [5, 5.41) is 26.3. The monoisotopic (exact) mass is 993 g/mol. The first kappa shape index (κ1) is 48.6. The van der Waals surface area contributed by atoms with E-state index in [4.69, 9.17) is 14.2 Å². The van der Waals surface area contributed by atoms with Crippen LogP contribution in [0.3, 0.4) is 0 Å². The molecule has 18 heteroatoms. The number of amides is 1. The van der Waals surface area contributed by atoms with Gasteiger partial charge in [-0.15, -0.1) is 0 Å². The van der Waals surface area contributed by atoms with Gasteiger partial charge in [-0.25, -0.2) is 17.5 Å². The van der Waals surface area contributed by atoms with Gasteiger partial charge in [-0.3, -0.25) is 19.8 Å². The maximum atomic E-state index is 15.0. The zero-order valence-electron chi connectivity index (χ0n) is 41.0. The fourth-order valence-electron chi connectivity index (χ4n) is 11.9. The maximum absolute atomic E-state index is 15.0. The number of fused-ring (bicyclic) bond motifs is 2. The third-order valence-electron chi connectivity index (χ3n) is 15.8. The highest BCUT2D eigenvalue weighted by molar-refractivity contribution is 7.90. The molecule has 5 heterocycles. The molecule has 3 atom stereocenters. The largest absolute Gasteiger partial charge is 0.489 e. The predicted molar refractivity (Wildman–Crippen MR) is 268 cm³/mol. The molecule has 1 spiro atoms. The number of nitrogens with zero attached hydrogens (tertiary/aromatic N) is 4. The molecule has 1 unspecified atom stereocenters. The third kappa shape index (κ3) is 9.74. The number of sulfonamides is 1. The van der Waals surface area contributed by atoms with E-state index in [0.717, 1.165) is 56.8 Å². The molecular formula is C53H64FN7O9S. The van der Waals surface area contributed by atoms with Crippen molar-refractivity contribution in [2.24, 2.45) is 11.3 Å². The molecule has 4 fully saturated rings. The van der Waals surface area contributed by atoms with Gasteiger partial charge in [0, 0.05) is 68.4 Å². The van der Waals surface area contributed by atoms with E-state index < -0.39 is 42.9 Å². The van der Waals surface area contributed by atoms with Crippen molar-refractivity contribution < 1.29 is 41.8 Å². The minimum atomic E-state index is -4.76. The summed E-state index contributed by atoms with van der Waals surface area (Å²) in [4.78, 5) is 37.8. The van der Waals surface area contributed by atoms with Crippen molar-refractivity contribution in [3.05, 3.63) is 99.5 Å². The molecular weight excluding hydrogens is 930 g/mol. The fourth-order valence-corrected chi connectivity index (χ4v) is 12.9. The number of likely N-dealkylation sites (tertiary alicyclic amines) is 1. The molecule has 5 aromatic rings. The van der Waals surface area contributed by atoms with Gasteiger partial charge in [-0.2, -0.15) is 4.98 Å². The summed E-state index contributed by atoms with van der Waals surface area (Å²) < 4.78 is 63.8. The highest BCUT2D eigenvalue weighted by atomic mass is 32.2. The Morgan fingerprint density at radius 1 is 1.00 bits per heavy atom. The van der Waals surface area contributed by atoms with Crippen LogP contribution in [0.5, 0.6) is 23.1 Å². The molecule has 3 aliphatic heterocycles. The molecule has 4 N–H and O–H groups in total. The number of piperidine rings is 1. The molecule has 10 rings (SSSR count). The SMILES string of the molecule is CC(C)Oc1nc2[nH]cc(F)c2cc1Oc1cc(N2CCC3(CC2)CN(C2CCC[C@@H]2c2ccccc2C(C)C)C3)ccc1C(=O)NS(=O)(=O)c1cc2c(c([N+](=O)[O-])c1)N[C@@H](C1CCC(C)(O)CC1)CO2. The van der Waals surface area contributed by atoms with Crippen LogP contribution in [0.25, 0.3) is 11.0 Å². The molecule has 16 nitrogen and oxygen atoms in total. The number of halogens is 1. The molecule has 5 aliphatic rings. The first-order valence-corrected chi connectivity index (χ1v) is 26.6. The average Bonchev–Trinajstić information content (AvgIpc) is 3.96. The molecule has 71 heavy (non-hydrogen) atoms. The maximum Gasteiger partial charge on any atom is 0.297 e. The van der Waals surface area contributed by atoms with Crippen molar-refractivity contribution in [1.82, 2.24) is 19.6 Å². The normalized spacial score (nSPS) is 24.3. The summed E-state index contributed by atoms with van der Waals surface area (Å²) in [5.74, 6) is -0.609. The highest BCUT2D eigenvalue weighted by Gasteiger charge is 2.49. The molecule has 378 valence electrons. The molecule has 2 aliphatic carbocycles. The van der Waals surface area contributed by atoms with Crippen molar-refractivity contribution >= 4 is 44.0 Å². The number of H-pyrrole nitrogens is 1. The highest BCUT2D eigenvalue weighted by Crippen LogP contribution is 2.50. The Kier molecular flexibility index (Phi) is 12.9. The number of rotatable bonds is 13. The lowest BCUT2D eigenvalue weighted by Gasteiger charge is -2.57. The van der Waals surface area contributed by atoms with Gasteiger partial charge in [0.2, 0.25) is 0 Å². The van der Waals surface area contributed by atoms with Crippen LogP contribution in [0.2, 0.25) is 0 Å². The smallest absolute Gasteiger partial charge is 0.297 e. The topological polar surface area (TPSA) is 201 Å². The van der Waals surface area contributed by atoms with Crippen LogP contribution >= 0.6 is 0 Å². The van der Waals surface area contributed by atoms with Crippen LogP contribution in [0, 0.1) is 27.3 Å². The Bertz CT molecular complexity index is 2950. The number of carbonyl (C=O) groups is 1. The van der Waals surface area contributed by atoms with E-state index in [1.165, 1.54) is 48.7 Å². The van der Waals surface area contributed by atoms with E-state index >= 15 is 4.39 Å². The number of nitro benzene ring substituents is 1. The fraction of sp³-hybridized carbons (Fsp3) is 0.509. The van der Waals surface area contributed by atoms with Gasteiger partial charge in [0.15, 0.2) is 17.2 Å². The summed E-state index contributed by atoms with van der Waals surface area (Å²) in [5.41, 5.74) is 2.70. The second kappa shape index (κ2) is 18.9. The number of carbonyl (C=O) groups excluding carboxylic acids is 1. The summed E-state index contributed by atoms with van der Waals surface area (Å²) in [6, 6.07) is 17.6. The molecule has 0 bridgehead atoms. The number of nitro groups is 1. The van der Waals surface area contributed by atoms with Crippen LogP contribution in [0.4, 0.5) is 21.5 Å². The Labute approximate surface area is 413 Å². The van der Waals surface area contributed by atoms with Gasteiger partial charge in [0.05, 0.1) is 38.5 Å². The summed E-state index contributed by atoms with van der Waals surface area (Å²) >= 11 is 0. The van der Waals surface area contributed by atoms with Gasteiger partial charge in [-0.1, -0.05) is 44.5 Å². The number of anilines is 2. The number of ether oxygens (including phenoxy) is 3. The number of benzene rings is 3. The predicted octanol–water partition coefficient (Wildman–Crippen LogP) is 9.78. The molecule has 3 aromatic carbocycles. The second-order valence-corrected chi connectivity index (χ2v) is 23.1. The lowest BCUT2D eigenvalue weighted by atomic mass is 9.70. The quantitative estimate of drug-likeness (QED) is 0.0642. The molecule has 2 saturated carbocycles. The van der Waals surface area contributed by atoms with Crippen molar-refractivity contribution in [1.29, 1.82) is 0 Å². The van der Waals surface area contributed by atoms with Crippen molar-refractivity contribution in [3.8, 4) is 23.1 Å². The number of aromatic nitrogens is 2. The minimum Gasteiger partial charge on any atom is -0.489 e.